The quantitative estimate of drug-likeness (QED) is 0.745. The van der Waals surface area contributed by atoms with Crippen molar-refractivity contribution in [2.75, 3.05) is 19.7 Å². The molecule has 0 atom stereocenters. The lowest BCUT2D eigenvalue weighted by atomic mass is 10.2. The number of carbonyl (C=O) groups is 1. The molecule has 0 bridgehead atoms. The number of amides is 1. The Balaban J connectivity index is 2.07. The van der Waals surface area contributed by atoms with Gasteiger partial charge in [-0.05, 0) is 49.2 Å². The predicted molar refractivity (Wildman–Crippen MR) is 105 cm³/mol. The number of thiocarbonyl (C=S) groups is 1. The van der Waals surface area contributed by atoms with Gasteiger partial charge in [0.05, 0.1) is 12.2 Å². The van der Waals surface area contributed by atoms with Crippen LogP contribution in [0.2, 0.25) is 0 Å². The van der Waals surface area contributed by atoms with Gasteiger partial charge in [0.2, 0.25) is 0 Å². The first-order chi connectivity index (χ1) is 11.5. The molecule has 1 saturated heterocycles. The van der Waals surface area contributed by atoms with Crippen LogP contribution in [0.1, 0.15) is 49.9 Å². The van der Waals surface area contributed by atoms with Gasteiger partial charge < -0.3 is 9.64 Å². The molecule has 1 heterocycles. The fraction of sp³-hybridized carbons (Fsp3) is 0.556. The Bertz CT molecular complexity index is 584. The van der Waals surface area contributed by atoms with Crippen molar-refractivity contribution >= 4 is 39.2 Å². The lowest BCUT2D eigenvalue weighted by Crippen LogP contribution is -2.43. The van der Waals surface area contributed by atoms with Gasteiger partial charge in [-0.25, -0.2) is 0 Å². The highest BCUT2D eigenvalue weighted by Crippen LogP contribution is 2.24. The molecular formula is C18H25BrN2O2S. The van der Waals surface area contributed by atoms with Crippen molar-refractivity contribution in [1.82, 2.24) is 10.2 Å². The van der Waals surface area contributed by atoms with Gasteiger partial charge >= 0.3 is 0 Å². The molecule has 0 aromatic heterocycles. The number of hydrogen-bond donors (Lipinski definition) is 1. The highest BCUT2D eigenvalue weighted by molar-refractivity contribution is 9.10. The molecule has 2 rings (SSSR count). The first-order valence-corrected chi connectivity index (χ1v) is 9.70. The fourth-order valence-corrected chi connectivity index (χ4v) is 3.22. The van der Waals surface area contributed by atoms with Crippen molar-refractivity contribution in [2.24, 2.45) is 5.92 Å². The average molecular weight is 413 g/mol. The van der Waals surface area contributed by atoms with Crippen molar-refractivity contribution in [1.29, 1.82) is 0 Å². The summed E-state index contributed by atoms with van der Waals surface area (Å²) >= 11 is 8.85. The van der Waals surface area contributed by atoms with Gasteiger partial charge in [0.1, 0.15) is 5.75 Å². The summed E-state index contributed by atoms with van der Waals surface area (Å²) in [5, 5.41) is 3.38. The van der Waals surface area contributed by atoms with E-state index in [1.807, 2.05) is 12.1 Å². The van der Waals surface area contributed by atoms with Gasteiger partial charge in [-0.2, -0.15) is 0 Å². The standard InChI is InChI=1S/C18H25BrN2O2S/c1-13(2)12-23-16-8-7-14(19)11-15(16)17(22)20-18(24)21-9-5-3-4-6-10-21/h7-8,11,13H,3-6,9-10,12H2,1-2H3,(H,20,22,24). The Morgan fingerprint density at radius 1 is 1.29 bits per heavy atom. The van der Waals surface area contributed by atoms with Crippen LogP contribution in [-0.4, -0.2) is 35.6 Å². The Morgan fingerprint density at radius 3 is 2.58 bits per heavy atom. The van der Waals surface area contributed by atoms with Crippen molar-refractivity contribution in [3.05, 3.63) is 28.2 Å². The molecule has 1 aromatic rings. The van der Waals surface area contributed by atoms with Crippen LogP contribution in [0.4, 0.5) is 0 Å². The van der Waals surface area contributed by atoms with Gasteiger partial charge in [-0.15, -0.1) is 0 Å². The van der Waals surface area contributed by atoms with Gasteiger partial charge in [-0.1, -0.05) is 42.6 Å². The third kappa shape index (κ3) is 5.74. The summed E-state index contributed by atoms with van der Waals surface area (Å²) in [5.41, 5.74) is 0.502. The second-order valence-electron chi connectivity index (χ2n) is 6.51. The summed E-state index contributed by atoms with van der Waals surface area (Å²) in [6.07, 6.45) is 4.70. The summed E-state index contributed by atoms with van der Waals surface area (Å²) in [6.45, 7) is 6.54. The number of benzene rings is 1. The second kappa shape index (κ2) is 9.37. The van der Waals surface area contributed by atoms with Gasteiger partial charge in [-0.3, -0.25) is 10.1 Å². The van der Waals surface area contributed by atoms with Crippen LogP contribution < -0.4 is 10.1 Å². The number of ether oxygens (including phenoxy) is 1. The molecule has 132 valence electrons. The first-order valence-electron chi connectivity index (χ1n) is 8.50. The smallest absolute Gasteiger partial charge is 0.261 e. The van der Waals surface area contributed by atoms with Crippen molar-refractivity contribution in [3.63, 3.8) is 0 Å². The summed E-state index contributed by atoms with van der Waals surface area (Å²) in [7, 11) is 0. The maximum Gasteiger partial charge on any atom is 0.261 e. The zero-order valence-corrected chi connectivity index (χ0v) is 16.7. The normalized spacial score (nSPS) is 15.1. The molecule has 1 fully saturated rings. The zero-order chi connectivity index (χ0) is 17.5. The molecular weight excluding hydrogens is 388 g/mol. The maximum atomic E-state index is 12.7. The molecule has 1 aliphatic rings. The second-order valence-corrected chi connectivity index (χ2v) is 7.81. The van der Waals surface area contributed by atoms with E-state index in [9.17, 15) is 4.79 Å². The maximum absolute atomic E-state index is 12.7. The van der Waals surface area contributed by atoms with Crippen molar-refractivity contribution < 1.29 is 9.53 Å². The topological polar surface area (TPSA) is 41.6 Å². The third-order valence-corrected chi connectivity index (χ3v) is 4.73. The minimum Gasteiger partial charge on any atom is -0.492 e. The highest BCUT2D eigenvalue weighted by atomic mass is 79.9. The Labute approximate surface area is 158 Å². The molecule has 0 aliphatic carbocycles. The average Bonchev–Trinajstić information content (AvgIpc) is 2.82. The van der Waals surface area contributed by atoms with E-state index in [1.165, 1.54) is 12.8 Å². The van der Waals surface area contributed by atoms with E-state index in [0.717, 1.165) is 30.4 Å². The predicted octanol–water partition coefficient (Wildman–Crippen LogP) is 4.37. The van der Waals surface area contributed by atoms with Crippen LogP contribution in [0.25, 0.3) is 0 Å². The van der Waals surface area contributed by atoms with E-state index < -0.39 is 0 Å². The Hall–Kier alpha value is -1.14. The van der Waals surface area contributed by atoms with E-state index in [2.05, 4.69) is 40.0 Å². The molecule has 24 heavy (non-hydrogen) atoms. The zero-order valence-electron chi connectivity index (χ0n) is 14.3. The summed E-state index contributed by atoms with van der Waals surface area (Å²) in [4.78, 5) is 14.8. The molecule has 0 radical (unpaired) electrons. The molecule has 6 heteroatoms. The van der Waals surface area contributed by atoms with Gasteiger partial charge in [0.15, 0.2) is 5.11 Å². The largest absolute Gasteiger partial charge is 0.492 e. The van der Waals surface area contributed by atoms with Crippen LogP contribution in [0, 0.1) is 5.92 Å². The third-order valence-electron chi connectivity index (χ3n) is 3.87. The monoisotopic (exact) mass is 412 g/mol. The molecule has 4 nitrogen and oxygen atoms in total. The summed E-state index contributed by atoms with van der Waals surface area (Å²) in [5.74, 6) is 0.759. The van der Waals surface area contributed by atoms with E-state index in [0.29, 0.717) is 29.0 Å². The molecule has 1 amide bonds. The molecule has 0 saturated carbocycles. The minimum absolute atomic E-state index is 0.218. The van der Waals surface area contributed by atoms with E-state index in [4.69, 9.17) is 17.0 Å². The van der Waals surface area contributed by atoms with Crippen molar-refractivity contribution in [2.45, 2.75) is 39.5 Å². The molecule has 1 N–H and O–H groups in total. The number of halogens is 1. The number of rotatable bonds is 4. The van der Waals surface area contributed by atoms with E-state index in [-0.39, 0.29) is 5.91 Å². The molecule has 0 unspecified atom stereocenters. The van der Waals surface area contributed by atoms with Crippen LogP contribution in [0.15, 0.2) is 22.7 Å². The van der Waals surface area contributed by atoms with Crippen molar-refractivity contribution in [3.8, 4) is 5.75 Å². The van der Waals surface area contributed by atoms with E-state index in [1.54, 1.807) is 6.07 Å². The van der Waals surface area contributed by atoms with Gasteiger partial charge in [0, 0.05) is 17.6 Å². The lowest BCUT2D eigenvalue weighted by Gasteiger charge is -2.23. The SMILES string of the molecule is CC(C)COc1ccc(Br)cc1C(=O)NC(=S)N1CCCCCC1. The number of hydrogen-bond acceptors (Lipinski definition) is 3. The van der Waals surface area contributed by atoms with Crippen LogP contribution >= 0.6 is 28.1 Å². The number of likely N-dealkylation sites (tertiary alicyclic amines) is 1. The number of nitrogens with one attached hydrogen (secondary N) is 1. The first kappa shape index (κ1) is 19.2. The summed E-state index contributed by atoms with van der Waals surface area (Å²) in [6, 6.07) is 5.46. The number of nitrogens with zero attached hydrogens (tertiary/aromatic N) is 1. The van der Waals surface area contributed by atoms with Crippen LogP contribution in [0.3, 0.4) is 0 Å². The molecule has 1 aliphatic heterocycles. The summed E-state index contributed by atoms with van der Waals surface area (Å²) < 4.78 is 6.62. The van der Waals surface area contributed by atoms with Crippen LogP contribution in [-0.2, 0) is 0 Å². The minimum atomic E-state index is -0.218. The number of carbonyl (C=O) groups excluding carboxylic acids is 1. The molecule has 1 aromatic carbocycles. The van der Waals surface area contributed by atoms with E-state index >= 15 is 0 Å². The van der Waals surface area contributed by atoms with Crippen LogP contribution in [0.5, 0.6) is 5.75 Å². The molecule has 0 spiro atoms. The van der Waals surface area contributed by atoms with Gasteiger partial charge in [0.25, 0.3) is 5.91 Å². The Morgan fingerprint density at radius 2 is 1.96 bits per heavy atom. The lowest BCUT2D eigenvalue weighted by molar-refractivity contribution is 0.0968. The Kier molecular flexibility index (Phi) is 7.49. The highest BCUT2D eigenvalue weighted by Gasteiger charge is 2.18. The fourth-order valence-electron chi connectivity index (χ4n) is 2.58.